The Balaban J connectivity index is 3.31. The average molecular weight is 197 g/mol. The molecule has 0 bridgehead atoms. The topological polar surface area (TPSA) is 37.3 Å². The van der Waals surface area contributed by atoms with Gasteiger partial charge in [0, 0.05) is 5.02 Å². The minimum absolute atomic E-state index is 0.0631. The summed E-state index contributed by atoms with van der Waals surface area (Å²) in [6.07, 6.45) is 1.14. The maximum Gasteiger partial charge on any atom is 0.189 e. The molecule has 0 radical (unpaired) electrons. The fourth-order valence-electron chi connectivity index (χ4n) is 0.974. The molecular formula is C10H9ClO2. The lowest BCUT2D eigenvalue weighted by Crippen LogP contribution is -1.95. The van der Waals surface area contributed by atoms with Crippen molar-refractivity contribution >= 4 is 17.4 Å². The van der Waals surface area contributed by atoms with E-state index < -0.39 is 0 Å². The van der Waals surface area contributed by atoms with E-state index in [1.165, 1.54) is 12.1 Å². The molecule has 0 unspecified atom stereocenters. The minimum Gasteiger partial charge on any atom is -0.507 e. The van der Waals surface area contributed by atoms with Gasteiger partial charge in [-0.15, -0.1) is 0 Å². The molecule has 1 aromatic carbocycles. The van der Waals surface area contributed by atoms with E-state index in [1.807, 2.05) is 0 Å². The molecule has 0 saturated carbocycles. The van der Waals surface area contributed by atoms with Crippen LogP contribution in [-0.2, 0) is 0 Å². The number of aromatic hydroxyl groups is 1. The fourth-order valence-corrected chi connectivity index (χ4v) is 1.14. The lowest BCUT2D eigenvalue weighted by Gasteiger charge is -2.03. The van der Waals surface area contributed by atoms with Gasteiger partial charge in [-0.3, -0.25) is 4.79 Å². The number of phenols is 1. The molecule has 0 aromatic heterocycles. The van der Waals surface area contributed by atoms with Gasteiger partial charge < -0.3 is 5.11 Å². The standard InChI is InChI=1S/C10H9ClO2/c1-3-9(12)7-5-8(11)6(2)4-10(7)13/h3-5,13H,1H2,2H3. The largest absolute Gasteiger partial charge is 0.507 e. The number of carbonyl (C=O) groups is 1. The third-order valence-electron chi connectivity index (χ3n) is 1.73. The Bertz CT molecular complexity index is 369. The number of aryl methyl sites for hydroxylation is 1. The van der Waals surface area contributed by atoms with Gasteiger partial charge in [-0.2, -0.15) is 0 Å². The van der Waals surface area contributed by atoms with Gasteiger partial charge in [0.2, 0.25) is 0 Å². The Morgan fingerprint density at radius 2 is 2.23 bits per heavy atom. The maximum atomic E-state index is 11.2. The minimum atomic E-state index is -0.334. The number of rotatable bonds is 2. The summed E-state index contributed by atoms with van der Waals surface area (Å²) in [5.41, 5.74) is 0.922. The second-order valence-corrected chi connectivity index (χ2v) is 3.09. The smallest absolute Gasteiger partial charge is 0.189 e. The highest BCUT2D eigenvalue weighted by molar-refractivity contribution is 6.32. The number of allylic oxidation sites excluding steroid dienone is 1. The van der Waals surface area contributed by atoms with E-state index in [0.29, 0.717) is 5.02 Å². The highest BCUT2D eigenvalue weighted by atomic mass is 35.5. The SMILES string of the molecule is C=CC(=O)c1cc(Cl)c(C)cc1O. The van der Waals surface area contributed by atoms with Gasteiger partial charge in [-0.05, 0) is 30.7 Å². The third kappa shape index (κ3) is 1.90. The van der Waals surface area contributed by atoms with Crippen molar-refractivity contribution in [3.8, 4) is 5.75 Å². The lowest BCUT2D eigenvalue weighted by atomic mass is 10.1. The number of hydrogen-bond donors (Lipinski definition) is 1. The van der Waals surface area contributed by atoms with Crippen LogP contribution in [0.25, 0.3) is 0 Å². The average Bonchev–Trinajstić information content (AvgIpc) is 2.10. The lowest BCUT2D eigenvalue weighted by molar-refractivity contribution is 0.104. The van der Waals surface area contributed by atoms with Gasteiger partial charge in [-0.25, -0.2) is 0 Å². The van der Waals surface area contributed by atoms with Crippen molar-refractivity contribution in [2.75, 3.05) is 0 Å². The van der Waals surface area contributed by atoms with Crippen molar-refractivity contribution in [2.45, 2.75) is 6.92 Å². The molecule has 0 fully saturated rings. The van der Waals surface area contributed by atoms with Crippen molar-refractivity contribution < 1.29 is 9.90 Å². The van der Waals surface area contributed by atoms with Crippen LogP contribution < -0.4 is 0 Å². The van der Waals surface area contributed by atoms with E-state index in [4.69, 9.17) is 11.6 Å². The molecule has 0 aliphatic rings. The van der Waals surface area contributed by atoms with Crippen LogP contribution >= 0.6 is 11.6 Å². The van der Waals surface area contributed by atoms with E-state index >= 15 is 0 Å². The summed E-state index contributed by atoms with van der Waals surface area (Å²) in [6.45, 7) is 5.08. The number of hydrogen-bond acceptors (Lipinski definition) is 2. The predicted molar refractivity (Wildman–Crippen MR) is 52.4 cm³/mol. The second kappa shape index (κ2) is 3.62. The van der Waals surface area contributed by atoms with Crippen molar-refractivity contribution in [1.29, 1.82) is 0 Å². The van der Waals surface area contributed by atoms with Crippen LogP contribution in [0.4, 0.5) is 0 Å². The van der Waals surface area contributed by atoms with Gasteiger partial charge in [0.15, 0.2) is 5.78 Å². The number of halogens is 1. The van der Waals surface area contributed by atoms with Crippen LogP contribution in [0.2, 0.25) is 5.02 Å². The molecule has 2 nitrogen and oxygen atoms in total. The zero-order valence-electron chi connectivity index (χ0n) is 7.17. The maximum absolute atomic E-state index is 11.2. The molecule has 3 heteroatoms. The highest BCUT2D eigenvalue weighted by Crippen LogP contribution is 2.25. The van der Waals surface area contributed by atoms with Crippen molar-refractivity contribution in [2.24, 2.45) is 0 Å². The van der Waals surface area contributed by atoms with Gasteiger partial charge in [0.1, 0.15) is 5.75 Å². The number of benzene rings is 1. The van der Waals surface area contributed by atoms with E-state index in [2.05, 4.69) is 6.58 Å². The molecule has 0 spiro atoms. The summed E-state index contributed by atoms with van der Waals surface area (Å²) in [5.74, 6) is -0.397. The van der Waals surface area contributed by atoms with E-state index in [9.17, 15) is 9.90 Å². The van der Waals surface area contributed by atoms with Gasteiger partial charge in [0.05, 0.1) is 5.56 Å². The van der Waals surface area contributed by atoms with Gasteiger partial charge in [0.25, 0.3) is 0 Å². The molecular weight excluding hydrogens is 188 g/mol. The molecule has 0 atom stereocenters. The van der Waals surface area contributed by atoms with Crippen molar-refractivity contribution in [3.63, 3.8) is 0 Å². The van der Waals surface area contributed by atoms with Crippen LogP contribution in [0.3, 0.4) is 0 Å². The van der Waals surface area contributed by atoms with Crippen LogP contribution in [0.5, 0.6) is 5.75 Å². The van der Waals surface area contributed by atoms with E-state index in [0.717, 1.165) is 11.6 Å². The van der Waals surface area contributed by atoms with Crippen LogP contribution in [0.15, 0.2) is 24.8 Å². The molecule has 1 aromatic rings. The summed E-state index contributed by atoms with van der Waals surface area (Å²) < 4.78 is 0. The summed E-state index contributed by atoms with van der Waals surface area (Å²) >= 11 is 5.79. The first-order valence-electron chi connectivity index (χ1n) is 3.72. The first kappa shape index (κ1) is 9.81. The summed E-state index contributed by atoms with van der Waals surface area (Å²) in [6, 6.07) is 2.90. The number of carbonyl (C=O) groups excluding carboxylic acids is 1. The monoisotopic (exact) mass is 196 g/mol. The quantitative estimate of drug-likeness (QED) is 0.583. The van der Waals surface area contributed by atoms with Crippen LogP contribution in [0.1, 0.15) is 15.9 Å². The van der Waals surface area contributed by atoms with Crippen LogP contribution in [-0.4, -0.2) is 10.9 Å². The van der Waals surface area contributed by atoms with Crippen LogP contribution in [0, 0.1) is 6.92 Å². The highest BCUT2D eigenvalue weighted by Gasteiger charge is 2.09. The Morgan fingerprint density at radius 3 is 2.77 bits per heavy atom. The Kier molecular flexibility index (Phi) is 2.73. The molecule has 1 rings (SSSR count). The Labute approximate surface area is 81.5 Å². The molecule has 0 aliphatic heterocycles. The fraction of sp³-hybridized carbons (Fsp3) is 0.100. The van der Waals surface area contributed by atoms with E-state index in [1.54, 1.807) is 6.92 Å². The summed E-state index contributed by atoms with van der Waals surface area (Å²) in [5, 5.41) is 9.85. The van der Waals surface area contributed by atoms with E-state index in [-0.39, 0.29) is 17.1 Å². The zero-order valence-corrected chi connectivity index (χ0v) is 7.93. The molecule has 1 N–H and O–H groups in total. The first-order chi connectivity index (χ1) is 6.06. The molecule has 68 valence electrons. The number of phenolic OH excluding ortho intramolecular Hbond substituents is 1. The number of ketones is 1. The normalized spacial score (nSPS) is 9.69. The third-order valence-corrected chi connectivity index (χ3v) is 2.14. The summed E-state index contributed by atoms with van der Waals surface area (Å²) in [7, 11) is 0. The van der Waals surface area contributed by atoms with Crippen molar-refractivity contribution in [1.82, 2.24) is 0 Å². The molecule has 0 saturated heterocycles. The Morgan fingerprint density at radius 1 is 1.62 bits per heavy atom. The molecule has 0 aliphatic carbocycles. The molecule has 0 amide bonds. The Hall–Kier alpha value is -1.28. The first-order valence-corrected chi connectivity index (χ1v) is 4.10. The van der Waals surface area contributed by atoms with Gasteiger partial charge in [-0.1, -0.05) is 18.2 Å². The predicted octanol–water partition coefficient (Wildman–Crippen LogP) is 2.72. The molecule has 0 heterocycles. The summed E-state index contributed by atoms with van der Waals surface area (Å²) in [4.78, 5) is 11.2. The van der Waals surface area contributed by atoms with Crippen molar-refractivity contribution in [3.05, 3.63) is 40.9 Å². The molecule has 13 heavy (non-hydrogen) atoms. The van der Waals surface area contributed by atoms with Gasteiger partial charge >= 0.3 is 0 Å². The second-order valence-electron chi connectivity index (χ2n) is 2.69. The zero-order chi connectivity index (χ0) is 10.0.